The van der Waals surface area contributed by atoms with Gasteiger partial charge in [-0.05, 0) is 44.9 Å². The van der Waals surface area contributed by atoms with E-state index in [2.05, 4.69) is 0 Å². The van der Waals surface area contributed by atoms with Gasteiger partial charge in [-0.25, -0.2) is 0 Å². The summed E-state index contributed by atoms with van der Waals surface area (Å²) in [5.41, 5.74) is 2.64. The second-order valence-electron chi connectivity index (χ2n) is 4.90. The number of ether oxygens (including phenoxy) is 1. The predicted molar refractivity (Wildman–Crippen MR) is 85.1 cm³/mol. The van der Waals surface area contributed by atoms with Gasteiger partial charge in [0.05, 0.1) is 11.8 Å². The van der Waals surface area contributed by atoms with Crippen LogP contribution in [0, 0.1) is 6.92 Å². The van der Waals surface area contributed by atoms with Crippen molar-refractivity contribution in [3.63, 3.8) is 0 Å². The molecule has 1 rings (SSSR count). The zero-order valence-electron chi connectivity index (χ0n) is 12.7. The van der Waals surface area contributed by atoms with Gasteiger partial charge in [-0.2, -0.15) is 0 Å². The first-order chi connectivity index (χ1) is 9.38. The fourth-order valence-corrected chi connectivity index (χ4v) is 2.06. The Morgan fingerprint density at radius 2 is 2.10 bits per heavy atom. The molecule has 20 heavy (non-hydrogen) atoms. The average Bonchev–Trinajstić information content (AvgIpc) is 2.36. The lowest BCUT2D eigenvalue weighted by atomic mass is 10.1. The highest BCUT2D eigenvalue weighted by molar-refractivity contribution is 6.32. The van der Waals surface area contributed by atoms with Gasteiger partial charge >= 0.3 is 0 Å². The van der Waals surface area contributed by atoms with Crippen LogP contribution >= 0.6 is 11.6 Å². The molecular weight excluding hydrogens is 274 g/mol. The first-order valence-corrected chi connectivity index (χ1v) is 7.07. The fourth-order valence-electron chi connectivity index (χ4n) is 1.91. The van der Waals surface area contributed by atoms with Crippen molar-refractivity contribution in [1.29, 1.82) is 0 Å². The molecule has 0 aliphatic carbocycles. The molecule has 0 bridgehead atoms. The molecule has 0 fully saturated rings. The molecule has 110 valence electrons. The van der Waals surface area contributed by atoms with E-state index in [1.807, 2.05) is 52.0 Å². The molecule has 1 aromatic rings. The lowest BCUT2D eigenvalue weighted by Gasteiger charge is -2.26. The third-order valence-corrected chi connectivity index (χ3v) is 3.34. The van der Waals surface area contributed by atoms with E-state index >= 15 is 0 Å². The van der Waals surface area contributed by atoms with Crippen LogP contribution in [0.2, 0.25) is 5.02 Å². The first-order valence-electron chi connectivity index (χ1n) is 6.70. The van der Waals surface area contributed by atoms with Gasteiger partial charge in [0.15, 0.2) is 0 Å². The van der Waals surface area contributed by atoms with Gasteiger partial charge in [0.2, 0.25) is 5.91 Å². The highest BCUT2D eigenvalue weighted by atomic mass is 35.5. The second-order valence-corrected chi connectivity index (χ2v) is 5.31. The zero-order valence-corrected chi connectivity index (χ0v) is 13.5. The molecule has 3 nitrogen and oxygen atoms in total. The Labute approximate surface area is 126 Å². The summed E-state index contributed by atoms with van der Waals surface area (Å²) >= 11 is 6.19. The van der Waals surface area contributed by atoms with Gasteiger partial charge in [-0.15, -0.1) is 0 Å². The van der Waals surface area contributed by atoms with E-state index in [9.17, 15) is 4.79 Å². The van der Waals surface area contributed by atoms with Gasteiger partial charge < -0.3 is 4.74 Å². The Balaban J connectivity index is 3.30. The number of carbonyl (C=O) groups is 1. The molecule has 0 saturated heterocycles. The highest BCUT2D eigenvalue weighted by Crippen LogP contribution is 2.32. The van der Waals surface area contributed by atoms with Crippen molar-refractivity contribution in [3.8, 4) is 0 Å². The van der Waals surface area contributed by atoms with Crippen LogP contribution in [0.15, 0.2) is 18.2 Å². The normalized spacial score (nSPS) is 11.3. The molecule has 0 saturated carbocycles. The van der Waals surface area contributed by atoms with Crippen LogP contribution < -0.4 is 4.90 Å². The Bertz CT molecular complexity index is 509. The van der Waals surface area contributed by atoms with Gasteiger partial charge in [0.1, 0.15) is 6.73 Å². The predicted octanol–water partition coefficient (Wildman–Crippen LogP) is 4.42. The van der Waals surface area contributed by atoms with E-state index in [-0.39, 0.29) is 18.7 Å². The van der Waals surface area contributed by atoms with Crippen LogP contribution in [0.1, 0.15) is 38.8 Å². The number of benzene rings is 1. The Morgan fingerprint density at radius 1 is 1.45 bits per heavy atom. The molecule has 0 aliphatic heterocycles. The summed E-state index contributed by atoms with van der Waals surface area (Å²) < 4.78 is 5.59. The molecule has 0 heterocycles. The summed E-state index contributed by atoms with van der Waals surface area (Å²) in [7, 11) is 0. The lowest BCUT2D eigenvalue weighted by molar-refractivity contribution is -0.118. The van der Waals surface area contributed by atoms with Crippen molar-refractivity contribution < 1.29 is 9.53 Å². The number of amides is 1. The number of anilines is 1. The summed E-state index contributed by atoms with van der Waals surface area (Å²) in [6.07, 6.45) is 3.96. The Morgan fingerprint density at radius 3 is 2.60 bits per heavy atom. The minimum absolute atomic E-state index is 0.0570. The number of rotatable bonds is 5. The van der Waals surface area contributed by atoms with Crippen molar-refractivity contribution in [2.75, 3.05) is 11.6 Å². The van der Waals surface area contributed by atoms with Gasteiger partial charge in [0, 0.05) is 11.9 Å². The first kappa shape index (κ1) is 16.7. The van der Waals surface area contributed by atoms with Crippen molar-refractivity contribution in [2.24, 2.45) is 0 Å². The molecule has 0 N–H and O–H groups in total. The number of carbonyl (C=O) groups excluding carboxylic acids is 1. The van der Waals surface area contributed by atoms with E-state index in [1.165, 1.54) is 6.92 Å². The van der Waals surface area contributed by atoms with Gasteiger partial charge in [-0.1, -0.05) is 29.8 Å². The number of nitrogens with zero attached hydrogens (tertiary/aromatic N) is 1. The second kappa shape index (κ2) is 7.46. The van der Waals surface area contributed by atoms with Crippen molar-refractivity contribution >= 4 is 29.3 Å². The molecule has 0 aliphatic rings. The smallest absolute Gasteiger partial charge is 0.225 e. The number of halogens is 1. The van der Waals surface area contributed by atoms with Crippen LogP contribution in [-0.4, -0.2) is 18.7 Å². The molecule has 0 radical (unpaired) electrons. The minimum Gasteiger partial charge on any atom is -0.358 e. The largest absolute Gasteiger partial charge is 0.358 e. The Kier molecular flexibility index (Phi) is 6.24. The molecule has 0 spiro atoms. The molecule has 0 unspecified atom stereocenters. The molecule has 0 aromatic heterocycles. The summed E-state index contributed by atoms with van der Waals surface area (Å²) in [5, 5.41) is 0.643. The monoisotopic (exact) mass is 295 g/mol. The van der Waals surface area contributed by atoms with E-state index in [0.29, 0.717) is 5.02 Å². The van der Waals surface area contributed by atoms with Crippen molar-refractivity contribution in [1.82, 2.24) is 0 Å². The maximum Gasteiger partial charge on any atom is 0.225 e. The summed E-state index contributed by atoms with van der Waals surface area (Å²) in [4.78, 5) is 13.6. The minimum atomic E-state index is -0.0678. The number of allylic oxidation sites excluding steroid dienone is 1. The van der Waals surface area contributed by atoms with Crippen LogP contribution in [0.25, 0.3) is 6.08 Å². The molecule has 4 heteroatoms. The zero-order chi connectivity index (χ0) is 15.3. The lowest BCUT2D eigenvalue weighted by Crippen LogP contribution is -2.33. The van der Waals surface area contributed by atoms with E-state index in [1.54, 1.807) is 4.90 Å². The van der Waals surface area contributed by atoms with E-state index in [4.69, 9.17) is 16.3 Å². The maximum atomic E-state index is 12.0. The van der Waals surface area contributed by atoms with Crippen molar-refractivity contribution in [3.05, 3.63) is 34.4 Å². The van der Waals surface area contributed by atoms with Crippen molar-refractivity contribution in [2.45, 2.75) is 40.7 Å². The van der Waals surface area contributed by atoms with Crippen LogP contribution in [0.4, 0.5) is 5.69 Å². The van der Waals surface area contributed by atoms with Crippen LogP contribution in [0.3, 0.4) is 0 Å². The van der Waals surface area contributed by atoms with E-state index < -0.39 is 0 Å². The Hall–Kier alpha value is -1.32. The molecule has 1 amide bonds. The van der Waals surface area contributed by atoms with Crippen LogP contribution in [-0.2, 0) is 9.53 Å². The van der Waals surface area contributed by atoms with E-state index in [0.717, 1.165) is 16.8 Å². The summed E-state index contributed by atoms with van der Waals surface area (Å²) in [6, 6.07) is 3.76. The number of hydrogen-bond donors (Lipinski definition) is 0. The highest BCUT2D eigenvalue weighted by Gasteiger charge is 2.19. The molecule has 1 aromatic carbocycles. The molecular formula is C16H22ClNO2. The third-order valence-electron chi connectivity index (χ3n) is 2.93. The van der Waals surface area contributed by atoms with Gasteiger partial charge in [0.25, 0.3) is 0 Å². The van der Waals surface area contributed by atoms with Crippen LogP contribution in [0.5, 0.6) is 0 Å². The standard InChI is InChI=1S/C16H22ClNO2/c1-6-7-14-8-9-15(17)12(4)16(14)18(13(5)19)10-20-11(2)3/h6-9,11H,10H2,1-5H3/b7-6-. The summed E-state index contributed by atoms with van der Waals surface area (Å²) in [6.45, 7) is 9.49. The maximum absolute atomic E-state index is 12.0. The SMILES string of the molecule is C/C=C\c1ccc(Cl)c(C)c1N(COC(C)C)C(C)=O. The quantitative estimate of drug-likeness (QED) is 0.753. The molecule has 0 atom stereocenters. The summed E-state index contributed by atoms with van der Waals surface area (Å²) in [5.74, 6) is -0.0678. The number of hydrogen-bond acceptors (Lipinski definition) is 2. The average molecular weight is 296 g/mol. The third kappa shape index (κ3) is 4.09. The van der Waals surface area contributed by atoms with Gasteiger partial charge in [-0.3, -0.25) is 9.69 Å². The fraction of sp³-hybridized carbons (Fsp3) is 0.438. The topological polar surface area (TPSA) is 29.5 Å².